The van der Waals surface area contributed by atoms with Crippen molar-refractivity contribution in [3.05, 3.63) is 65.7 Å². The number of benzene rings is 3. The summed E-state index contributed by atoms with van der Waals surface area (Å²) in [5.74, 6) is 1.51. The molecule has 0 fully saturated rings. The first-order chi connectivity index (χ1) is 13.6. The van der Waals surface area contributed by atoms with E-state index in [0.29, 0.717) is 22.8 Å². The zero-order valence-electron chi connectivity index (χ0n) is 16.3. The molecule has 0 aliphatic carbocycles. The molecular weight excluding hydrogens is 356 g/mol. The Balaban J connectivity index is 1.89. The number of hydrogen-bond acceptors (Lipinski definition) is 5. The summed E-state index contributed by atoms with van der Waals surface area (Å²) in [6.07, 6.45) is 0. The maximum absolute atomic E-state index is 12.5. The molecule has 6 nitrogen and oxygen atoms in total. The predicted molar refractivity (Wildman–Crippen MR) is 110 cm³/mol. The van der Waals surface area contributed by atoms with Crippen molar-refractivity contribution in [2.24, 2.45) is 5.10 Å². The van der Waals surface area contributed by atoms with Gasteiger partial charge in [-0.25, -0.2) is 5.43 Å². The molecule has 0 atom stereocenters. The smallest absolute Gasteiger partial charge is 0.271 e. The highest BCUT2D eigenvalue weighted by atomic mass is 16.5. The first-order valence-electron chi connectivity index (χ1n) is 8.71. The minimum Gasteiger partial charge on any atom is -0.497 e. The number of hydrazone groups is 1. The number of methoxy groups -OCH3 is 3. The highest BCUT2D eigenvalue weighted by Crippen LogP contribution is 2.28. The molecule has 0 unspecified atom stereocenters. The van der Waals surface area contributed by atoms with Gasteiger partial charge in [-0.2, -0.15) is 5.10 Å². The molecule has 3 aromatic carbocycles. The van der Waals surface area contributed by atoms with Crippen LogP contribution in [0.3, 0.4) is 0 Å². The molecule has 3 aromatic rings. The Morgan fingerprint density at radius 1 is 0.857 bits per heavy atom. The lowest BCUT2D eigenvalue weighted by Crippen LogP contribution is -2.19. The first kappa shape index (κ1) is 19.2. The van der Waals surface area contributed by atoms with Crippen LogP contribution in [-0.2, 0) is 0 Å². The molecule has 1 N–H and O–H groups in total. The largest absolute Gasteiger partial charge is 0.497 e. The van der Waals surface area contributed by atoms with Crippen molar-refractivity contribution in [1.29, 1.82) is 0 Å². The Bertz CT molecular complexity index is 1020. The van der Waals surface area contributed by atoms with Crippen LogP contribution in [0.25, 0.3) is 10.8 Å². The Morgan fingerprint density at radius 2 is 1.50 bits per heavy atom. The van der Waals surface area contributed by atoms with Gasteiger partial charge in [0.15, 0.2) is 0 Å². The molecule has 0 bridgehead atoms. The predicted octanol–water partition coefficient (Wildman–Crippen LogP) is 4.02. The second-order valence-corrected chi connectivity index (χ2v) is 6.10. The minimum atomic E-state index is -0.352. The van der Waals surface area contributed by atoms with E-state index in [1.165, 1.54) is 14.2 Å². The van der Waals surface area contributed by atoms with Crippen LogP contribution in [0.1, 0.15) is 22.8 Å². The number of rotatable bonds is 6. The number of carbonyl (C=O) groups excluding carboxylic acids is 1. The quantitative estimate of drug-likeness (QED) is 0.520. The molecule has 0 heterocycles. The highest BCUT2D eigenvalue weighted by molar-refractivity contribution is 6.11. The number of ether oxygens (including phenoxy) is 3. The van der Waals surface area contributed by atoms with Crippen molar-refractivity contribution in [2.45, 2.75) is 6.92 Å². The van der Waals surface area contributed by atoms with E-state index >= 15 is 0 Å². The third-order valence-electron chi connectivity index (χ3n) is 4.43. The fourth-order valence-electron chi connectivity index (χ4n) is 2.96. The lowest BCUT2D eigenvalue weighted by atomic mass is 10.0. The molecule has 0 radical (unpaired) electrons. The Kier molecular flexibility index (Phi) is 5.79. The van der Waals surface area contributed by atoms with Crippen LogP contribution in [0.2, 0.25) is 0 Å². The third-order valence-corrected chi connectivity index (χ3v) is 4.43. The van der Waals surface area contributed by atoms with Gasteiger partial charge >= 0.3 is 0 Å². The maximum atomic E-state index is 12.5. The Hall–Kier alpha value is -3.54. The molecule has 0 saturated carbocycles. The normalized spacial score (nSPS) is 11.2. The molecule has 28 heavy (non-hydrogen) atoms. The van der Waals surface area contributed by atoms with Gasteiger partial charge in [0.05, 0.1) is 27.0 Å². The van der Waals surface area contributed by atoms with E-state index < -0.39 is 0 Å². The van der Waals surface area contributed by atoms with Crippen LogP contribution in [0.15, 0.2) is 59.7 Å². The Morgan fingerprint density at radius 3 is 2.11 bits per heavy atom. The second-order valence-electron chi connectivity index (χ2n) is 6.10. The van der Waals surface area contributed by atoms with E-state index in [-0.39, 0.29) is 5.91 Å². The molecule has 0 aliphatic rings. The number of fused-ring (bicyclic) bond motifs is 1. The number of amides is 1. The fraction of sp³-hybridized carbons (Fsp3) is 0.182. The topological polar surface area (TPSA) is 69.2 Å². The van der Waals surface area contributed by atoms with Crippen LogP contribution in [0.5, 0.6) is 17.2 Å². The minimum absolute atomic E-state index is 0.352. The van der Waals surface area contributed by atoms with E-state index in [2.05, 4.69) is 10.5 Å². The third kappa shape index (κ3) is 3.91. The molecule has 144 valence electrons. The van der Waals surface area contributed by atoms with Crippen molar-refractivity contribution in [3.8, 4) is 17.2 Å². The summed E-state index contributed by atoms with van der Waals surface area (Å²) in [5.41, 5.74) is 4.59. The monoisotopic (exact) mass is 378 g/mol. The number of nitrogens with one attached hydrogen (secondary N) is 1. The number of carbonyl (C=O) groups is 1. The van der Waals surface area contributed by atoms with Gasteiger partial charge in [0.25, 0.3) is 5.91 Å². The fourth-order valence-corrected chi connectivity index (χ4v) is 2.96. The molecular formula is C22H22N2O4. The summed E-state index contributed by atoms with van der Waals surface area (Å²) in [6, 6.07) is 16.7. The molecule has 0 saturated heterocycles. The zero-order valence-corrected chi connectivity index (χ0v) is 16.3. The van der Waals surface area contributed by atoms with Gasteiger partial charge in [0.2, 0.25) is 0 Å². The SMILES string of the molecule is COc1cc(OC)cc(C(=O)N/N=C(/C)c2ccc(OC)c3ccccc23)c1. The lowest BCUT2D eigenvalue weighted by Gasteiger charge is -2.11. The molecule has 0 aliphatic heterocycles. The maximum Gasteiger partial charge on any atom is 0.271 e. The Labute approximate surface area is 163 Å². The van der Waals surface area contributed by atoms with Crippen LogP contribution >= 0.6 is 0 Å². The summed E-state index contributed by atoms with van der Waals surface area (Å²) < 4.78 is 15.8. The molecule has 0 aromatic heterocycles. The van der Waals surface area contributed by atoms with Gasteiger partial charge in [0, 0.05) is 22.6 Å². The van der Waals surface area contributed by atoms with E-state index in [1.54, 1.807) is 25.3 Å². The summed E-state index contributed by atoms with van der Waals surface area (Å²) in [6.45, 7) is 1.85. The first-order valence-corrected chi connectivity index (χ1v) is 8.71. The number of hydrogen-bond donors (Lipinski definition) is 1. The molecule has 0 spiro atoms. The van der Waals surface area contributed by atoms with Gasteiger partial charge in [-0.1, -0.05) is 24.3 Å². The van der Waals surface area contributed by atoms with Gasteiger partial charge in [0.1, 0.15) is 17.2 Å². The van der Waals surface area contributed by atoms with Gasteiger partial charge < -0.3 is 14.2 Å². The highest BCUT2D eigenvalue weighted by Gasteiger charge is 2.11. The summed E-state index contributed by atoms with van der Waals surface area (Å²) in [5, 5.41) is 6.27. The standard InChI is InChI=1S/C22H22N2O4/c1-14(18-9-10-21(28-4)20-8-6-5-7-19(18)20)23-24-22(25)15-11-16(26-2)13-17(12-15)27-3/h5-13H,1-4H3,(H,24,25)/b23-14-. The summed E-state index contributed by atoms with van der Waals surface area (Å²) in [4.78, 5) is 12.5. The van der Waals surface area contributed by atoms with Crippen molar-refractivity contribution in [3.63, 3.8) is 0 Å². The van der Waals surface area contributed by atoms with Crippen molar-refractivity contribution >= 4 is 22.4 Å². The molecule has 1 amide bonds. The summed E-state index contributed by atoms with van der Waals surface area (Å²) in [7, 11) is 4.71. The van der Waals surface area contributed by atoms with Crippen LogP contribution in [-0.4, -0.2) is 32.9 Å². The van der Waals surface area contributed by atoms with Crippen molar-refractivity contribution in [2.75, 3.05) is 21.3 Å². The van der Waals surface area contributed by atoms with Gasteiger partial charge in [-0.3, -0.25) is 4.79 Å². The van der Waals surface area contributed by atoms with E-state index in [0.717, 1.165) is 22.1 Å². The second kappa shape index (κ2) is 8.43. The van der Waals surface area contributed by atoms with Crippen LogP contribution in [0, 0.1) is 0 Å². The van der Waals surface area contributed by atoms with Gasteiger partial charge in [-0.05, 0) is 36.6 Å². The van der Waals surface area contributed by atoms with E-state index in [1.807, 2.05) is 43.3 Å². The van der Waals surface area contributed by atoms with Crippen molar-refractivity contribution in [1.82, 2.24) is 5.43 Å². The average molecular weight is 378 g/mol. The lowest BCUT2D eigenvalue weighted by molar-refractivity contribution is 0.0954. The average Bonchev–Trinajstić information content (AvgIpc) is 2.75. The van der Waals surface area contributed by atoms with E-state index in [4.69, 9.17) is 14.2 Å². The molecule has 3 rings (SSSR count). The number of nitrogens with zero attached hydrogens (tertiary/aromatic N) is 1. The van der Waals surface area contributed by atoms with Crippen LogP contribution in [0.4, 0.5) is 0 Å². The van der Waals surface area contributed by atoms with Crippen LogP contribution < -0.4 is 19.6 Å². The zero-order chi connectivity index (χ0) is 20.1. The van der Waals surface area contributed by atoms with Gasteiger partial charge in [-0.15, -0.1) is 0 Å². The molecule has 6 heteroatoms. The van der Waals surface area contributed by atoms with E-state index in [9.17, 15) is 4.79 Å². The van der Waals surface area contributed by atoms with Crippen molar-refractivity contribution < 1.29 is 19.0 Å². The summed E-state index contributed by atoms with van der Waals surface area (Å²) >= 11 is 0.